The van der Waals surface area contributed by atoms with E-state index < -0.39 is 10.8 Å². The van der Waals surface area contributed by atoms with Crippen LogP contribution in [0.5, 0.6) is 0 Å². The summed E-state index contributed by atoms with van der Waals surface area (Å²) in [5.74, 6) is 0. The molecule has 0 radical (unpaired) electrons. The summed E-state index contributed by atoms with van der Waals surface area (Å²) in [5, 5.41) is 0.157. The Kier molecular flexibility index (Phi) is 3.77. The van der Waals surface area contributed by atoms with E-state index >= 15 is 0 Å². The Hall–Kier alpha value is -0.670. The smallest absolute Gasteiger partial charge is 0.0558 e. The summed E-state index contributed by atoms with van der Waals surface area (Å²) in [7, 11) is -0.900. The molecule has 1 aromatic rings. The van der Waals surface area contributed by atoms with Crippen LogP contribution in [-0.4, -0.2) is 16.0 Å². The van der Waals surface area contributed by atoms with Gasteiger partial charge in [0.2, 0.25) is 0 Å². The third-order valence-corrected chi connectivity index (χ3v) is 4.93. The summed E-state index contributed by atoms with van der Waals surface area (Å²) in [6.07, 6.45) is 4.39. The van der Waals surface area contributed by atoms with Crippen LogP contribution < -0.4 is 5.73 Å². The molecule has 1 aliphatic carbocycles. The summed E-state index contributed by atoms with van der Waals surface area (Å²) >= 11 is 0. The summed E-state index contributed by atoms with van der Waals surface area (Å²) in [6, 6.07) is 6.30. The molecule has 2 nitrogen and oxygen atoms in total. The van der Waals surface area contributed by atoms with Gasteiger partial charge in [0, 0.05) is 10.1 Å². The van der Waals surface area contributed by atoms with Crippen molar-refractivity contribution in [3.8, 4) is 0 Å². The molecule has 0 heterocycles. The molecule has 0 spiro atoms. The summed E-state index contributed by atoms with van der Waals surface area (Å²) < 4.78 is 12.2. The van der Waals surface area contributed by atoms with Gasteiger partial charge in [-0.3, -0.25) is 4.21 Å². The molecule has 0 aliphatic heterocycles. The van der Waals surface area contributed by atoms with Crippen LogP contribution in [-0.2, 0) is 23.6 Å². The van der Waals surface area contributed by atoms with E-state index in [9.17, 15) is 4.21 Å². The molecule has 0 amide bonds. The number of hydrogen-bond acceptors (Lipinski definition) is 2. The Labute approximate surface area is 99.7 Å². The summed E-state index contributed by atoms with van der Waals surface area (Å²) in [4.78, 5) is 0.974. The van der Waals surface area contributed by atoms with Gasteiger partial charge in [-0.15, -0.1) is 0 Å². The van der Waals surface area contributed by atoms with Crippen molar-refractivity contribution in [2.24, 2.45) is 5.73 Å². The van der Waals surface area contributed by atoms with Gasteiger partial charge in [-0.25, -0.2) is 0 Å². The highest BCUT2D eigenvalue weighted by Gasteiger charge is 2.16. The molecule has 0 fully saturated rings. The Bertz CT molecular complexity index is 403. The van der Waals surface area contributed by atoms with E-state index in [1.165, 1.54) is 24.0 Å². The highest BCUT2D eigenvalue weighted by molar-refractivity contribution is 7.85. The minimum atomic E-state index is -0.900. The number of benzene rings is 1. The van der Waals surface area contributed by atoms with Gasteiger partial charge in [0.25, 0.3) is 0 Å². The predicted octanol–water partition coefficient (Wildman–Crippen LogP) is 2.02. The first kappa shape index (κ1) is 11.8. The van der Waals surface area contributed by atoms with Gasteiger partial charge in [-0.05, 0) is 55.5 Å². The highest BCUT2D eigenvalue weighted by atomic mass is 32.2. The van der Waals surface area contributed by atoms with Crippen molar-refractivity contribution in [1.29, 1.82) is 0 Å². The third kappa shape index (κ3) is 2.36. The van der Waals surface area contributed by atoms with Crippen molar-refractivity contribution in [2.75, 3.05) is 6.54 Å². The summed E-state index contributed by atoms with van der Waals surface area (Å²) in [5.41, 5.74) is 8.33. The lowest BCUT2D eigenvalue weighted by molar-refractivity contribution is 0.666. The SMILES string of the molecule is CC(CCN)S(=O)c1ccc2c(c1)CCC2. The zero-order valence-electron chi connectivity index (χ0n) is 9.74. The van der Waals surface area contributed by atoms with E-state index in [-0.39, 0.29) is 5.25 Å². The Morgan fingerprint density at radius 3 is 2.88 bits per heavy atom. The monoisotopic (exact) mass is 237 g/mol. The second kappa shape index (κ2) is 5.11. The molecule has 0 bridgehead atoms. The van der Waals surface area contributed by atoms with Gasteiger partial charge in [0.15, 0.2) is 0 Å². The zero-order valence-corrected chi connectivity index (χ0v) is 10.6. The molecular formula is C13H19NOS. The fourth-order valence-corrected chi connectivity index (χ4v) is 3.52. The van der Waals surface area contributed by atoms with Crippen molar-refractivity contribution >= 4 is 10.8 Å². The van der Waals surface area contributed by atoms with Crippen molar-refractivity contribution in [1.82, 2.24) is 0 Å². The van der Waals surface area contributed by atoms with E-state index in [4.69, 9.17) is 5.73 Å². The fraction of sp³-hybridized carbons (Fsp3) is 0.538. The third-order valence-electron chi connectivity index (χ3n) is 3.24. The van der Waals surface area contributed by atoms with E-state index in [0.717, 1.165) is 17.7 Å². The molecule has 3 heteroatoms. The number of hydrogen-bond donors (Lipinski definition) is 1. The molecule has 1 aromatic carbocycles. The first-order valence-corrected chi connectivity index (χ1v) is 7.16. The minimum Gasteiger partial charge on any atom is -0.330 e. The normalized spacial score (nSPS) is 18.1. The van der Waals surface area contributed by atoms with Crippen LogP contribution >= 0.6 is 0 Å². The Morgan fingerprint density at radius 1 is 1.38 bits per heavy atom. The molecule has 0 saturated heterocycles. The van der Waals surface area contributed by atoms with Crippen molar-refractivity contribution < 1.29 is 4.21 Å². The van der Waals surface area contributed by atoms with Crippen molar-refractivity contribution in [2.45, 2.75) is 42.8 Å². The molecule has 2 atom stereocenters. The maximum Gasteiger partial charge on any atom is 0.0558 e. The molecule has 0 saturated carbocycles. The number of aryl methyl sites for hydroxylation is 2. The van der Waals surface area contributed by atoms with Gasteiger partial charge in [-0.1, -0.05) is 13.0 Å². The van der Waals surface area contributed by atoms with Crippen LogP contribution in [0.15, 0.2) is 23.1 Å². The van der Waals surface area contributed by atoms with Crippen LogP contribution in [0.2, 0.25) is 0 Å². The van der Waals surface area contributed by atoms with Gasteiger partial charge >= 0.3 is 0 Å². The second-order valence-electron chi connectivity index (χ2n) is 4.47. The van der Waals surface area contributed by atoms with Crippen LogP contribution in [0.3, 0.4) is 0 Å². The lowest BCUT2D eigenvalue weighted by atomic mass is 10.1. The van der Waals surface area contributed by atoms with E-state index in [1.807, 2.05) is 13.0 Å². The molecule has 2 rings (SSSR count). The van der Waals surface area contributed by atoms with Gasteiger partial charge < -0.3 is 5.73 Å². The van der Waals surface area contributed by atoms with Crippen molar-refractivity contribution in [3.63, 3.8) is 0 Å². The maximum absolute atomic E-state index is 12.2. The van der Waals surface area contributed by atoms with Crippen LogP contribution in [0.1, 0.15) is 30.9 Å². The number of nitrogens with two attached hydrogens (primary N) is 1. The quantitative estimate of drug-likeness (QED) is 0.870. The molecular weight excluding hydrogens is 218 g/mol. The second-order valence-corrected chi connectivity index (χ2v) is 6.34. The van der Waals surface area contributed by atoms with Crippen molar-refractivity contribution in [3.05, 3.63) is 29.3 Å². The standard InChI is InChI=1S/C13H19NOS/c1-10(7-8-14)16(15)13-6-5-11-3-2-4-12(11)9-13/h5-6,9-10H,2-4,7-8,14H2,1H3. The van der Waals surface area contributed by atoms with E-state index in [0.29, 0.717) is 6.54 Å². The molecule has 1 aliphatic rings. The number of fused-ring (bicyclic) bond motifs is 1. The molecule has 2 unspecified atom stereocenters. The van der Waals surface area contributed by atoms with E-state index in [1.54, 1.807) is 0 Å². The number of rotatable bonds is 4. The zero-order chi connectivity index (χ0) is 11.5. The van der Waals surface area contributed by atoms with E-state index in [2.05, 4.69) is 12.1 Å². The first-order valence-electron chi connectivity index (χ1n) is 5.95. The average molecular weight is 237 g/mol. The lowest BCUT2D eigenvalue weighted by Gasteiger charge is -2.11. The highest BCUT2D eigenvalue weighted by Crippen LogP contribution is 2.25. The first-order chi connectivity index (χ1) is 7.72. The summed E-state index contributed by atoms with van der Waals surface area (Å²) in [6.45, 7) is 2.62. The lowest BCUT2D eigenvalue weighted by Crippen LogP contribution is -2.16. The van der Waals surface area contributed by atoms with Crippen LogP contribution in [0, 0.1) is 0 Å². The molecule has 0 aromatic heterocycles. The minimum absolute atomic E-state index is 0.157. The Morgan fingerprint density at radius 2 is 2.12 bits per heavy atom. The molecule has 16 heavy (non-hydrogen) atoms. The van der Waals surface area contributed by atoms with Gasteiger partial charge in [0.05, 0.1) is 10.8 Å². The fourth-order valence-electron chi connectivity index (χ4n) is 2.25. The van der Waals surface area contributed by atoms with Crippen LogP contribution in [0.25, 0.3) is 0 Å². The Balaban J connectivity index is 2.18. The topological polar surface area (TPSA) is 43.1 Å². The van der Waals surface area contributed by atoms with Gasteiger partial charge in [0.1, 0.15) is 0 Å². The van der Waals surface area contributed by atoms with Gasteiger partial charge in [-0.2, -0.15) is 0 Å². The average Bonchev–Trinajstić information content (AvgIpc) is 2.75. The predicted molar refractivity (Wildman–Crippen MR) is 68.0 cm³/mol. The van der Waals surface area contributed by atoms with Crippen LogP contribution in [0.4, 0.5) is 0 Å². The molecule has 2 N–H and O–H groups in total. The molecule has 88 valence electrons. The maximum atomic E-state index is 12.2. The largest absolute Gasteiger partial charge is 0.330 e.